The van der Waals surface area contributed by atoms with E-state index in [2.05, 4.69) is 36.5 Å². The van der Waals surface area contributed by atoms with Crippen molar-refractivity contribution < 1.29 is 4.79 Å². The number of rotatable bonds is 7. The molecule has 0 bridgehead atoms. The number of nitrogens with one attached hydrogen (secondary N) is 1. The van der Waals surface area contributed by atoms with Gasteiger partial charge in [0.25, 0.3) is 5.91 Å². The molecule has 32 heavy (non-hydrogen) atoms. The van der Waals surface area contributed by atoms with Gasteiger partial charge in [0, 0.05) is 18.2 Å². The third-order valence-electron chi connectivity index (χ3n) is 5.76. The molecule has 1 amide bonds. The van der Waals surface area contributed by atoms with E-state index in [0.717, 1.165) is 35.4 Å². The number of nitrogens with zero attached hydrogens (tertiary/aromatic N) is 2. The van der Waals surface area contributed by atoms with Gasteiger partial charge in [-0.05, 0) is 24.5 Å². The molecule has 0 aliphatic rings. The first-order valence-electron chi connectivity index (χ1n) is 11.2. The zero-order valence-corrected chi connectivity index (χ0v) is 18.9. The third-order valence-corrected chi connectivity index (χ3v) is 5.76. The number of amides is 1. The summed E-state index contributed by atoms with van der Waals surface area (Å²) in [5.74, 6) is 0.641. The largest absolute Gasteiger partial charge is 0.344 e. The summed E-state index contributed by atoms with van der Waals surface area (Å²) >= 11 is 0. The minimum atomic E-state index is -0.133. The van der Waals surface area contributed by atoms with Crippen molar-refractivity contribution in [2.45, 2.75) is 32.7 Å². The minimum absolute atomic E-state index is 0.112. The lowest BCUT2D eigenvalue weighted by atomic mass is 10.0. The van der Waals surface area contributed by atoms with Gasteiger partial charge in [0.05, 0.1) is 6.04 Å². The minimum Gasteiger partial charge on any atom is -0.344 e. The van der Waals surface area contributed by atoms with Crippen molar-refractivity contribution in [2.75, 3.05) is 0 Å². The first-order chi connectivity index (χ1) is 15.6. The molecule has 0 radical (unpaired) electrons. The summed E-state index contributed by atoms with van der Waals surface area (Å²) in [6.45, 7) is 4.18. The predicted octanol–water partition coefficient (Wildman–Crippen LogP) is 6.20. The first kappa shape index (κ1) is 21.6. The third kappa shape index (κ3) is 4.50. The van der Waals surface area contributed by atoms with Gasteiger partial charge < -0.3 is 9.88 Å². The van der Waals surface area contributed by atoms with Crippen LogP contribution in [0.1, 0.15) is 47.9 Å². The van der Waals surface area contributed by atoms with Crippen molar-refractivity contribution in [3.8, 4) is 22.6 Å². The van der Waals surface area contributed by atoms with Gasteiger partial charge in [0.2, 0.25) is 0 Å². The summed E-state index contributed by atoms with van der Waals surface area (Å²) in [5.41, 5.74) is 5.55. The molecule has 0 spiro atoms. The van der Waals surface area contributed by atoms with Crippen molar-refractivity contribution >= 4 is 5.91 Å². The Bertz CT molecular complexity index is 1180. The van der Waals surface area contributed by atoms with Gasteiger partial charge in [0.1, 0.15) is 17.2 Å². The van der Waals surface area contributed by atoms with E-state index in [-0.39, 0.29) is 11.9 Å². The number of hydrogen-bond donors (Lipinski definition) is 1. The second-order valence-corrected chi connectivity index (χ2v) is 8.11. The van der Waals surface area contributed by atoms with Crippen molar-refractivity contribution in [3.63, 3.8) is 0 Å². The smallest absolute Gasteiger partial charge is 0.270 e. The molecule has 4 nitrogen and oxygen atoms in total. The molecule has 1 aromatic heterocycles. The van der Waals surface area contributed by atoms with Crippen LogP contribution in [0.2, 0.25) is 0 Å². The topological polar surface area (TPSA) is 46.9 Å². The molecule has 4 heteroatoms. The molecule has 1 unspecified atom stereocenters. The summed E-state index contributed by atoms with van der Waals surface area (Å²) in [4.78, 5) is 18.4. The van der Waals surface area contributed by atoms with Crippen molar-refractivity contribution in [1.82, 2.24) is 14.9 Å². The monoisotopic (exact) mass is 423 g/mol. The average molecular weight is 424 g/mol. The van der Waals surface area contributed by atoms with Gasteiger partial charge in [0.15, 0.2) is 0 Å². The lowest BCUT2D eigenvalue weighted by molar-refractivity contribution is 0.0932. The number of aryl methyl sites for hydroxylation is 1. The Morgan fingerprint density at radius 3 is 2.16 bits per heavy atom. The summed E-state index contributed by atoms with van der Waals surface area (Å²) in [5, 5.41) is 3.16. The van der Waals surface area contributed by atoms with Crippen LogP contribution >= 0.6 is 0 Å². The number of carbonyl (C=O) groups is 1. The fourth-order valence-electron chi connectivity index (χ4n) is 4.01. The van der Waals surface area contributed by atoms with E-state index >= 15 is 0 Å². The zero-order chi connectivity index (χ0) is 22.5. The molecule has 1 N–H and O–H groups in total. The second kappa shape index (κ2) is 9.65. The van der Waals surface area contributed by atoms with Crippen molar-refractivity contribution in [3.05, 3.63) is 102 Å². The Morgan fingerprint density at radius 2 is 1.53 bits per heavy atom. The first-order valence-corrected chi connectivity index (χ1v) is 11.2. The molecule has 3 aromatic carbocycles. The average Bonchev–Trinajstić information content (AvgIpc) is 3.18. The molecule has 162 valence electrons. The highest BCUT2D eigenvalue weighted by Gasteiger charge is 2.24. The molecular formula is C28H29N3O. The molecule has 0 aliphatic carbocycles. The van der Waals surface area contributed by atoms with E-state index in [1.807, 2.05) is 79.2 Å². The maximum absolute atomic E-state index is 13.5. The molecule has 0 aliphatic heterocycles. The van der Waals surface area contributed by atoms with E-state index in [9.17, 15) is 4.79 Å². The van der Waals surface area contributed by atoms with Gasteiger partial charge in [-0.25, -0.2) is 4.98 Å². The van der Waals surface area contributed by atoms with Crippen LogP contribution < -0.4 is 5.32 Å². The lowest BCUT2D eigenvalue weighted by Crippen LogP contribution is -2.28. The maximum atomic E-state index is 13.5. The van der Waals surface area contributed by atoms with Gasteiger partial charge in [-0.2, -0.15) is 0 Å². The van der Waals surface area contributed by atoms with Crippen LogP contribution in [0.25, 0.3) is 22.6 Å². The number of carbonyl (C=O) groups excluding carboxylic acids is 1. The van der Waals surface area contributed by atoms with Gasteiger partial charge in [-0.15, -0.1) is 0 Å². The highest BCUT2D eigenvalue weighted by Crippen LogP contribution is 2.29. The molecule has 0 saturated carbocycles. The van der Waals surface area contributed by atoms with Gasteiger partial charge in [-0.1, -0.05) is 98.3 Å². The Balaban J connectivity index is 1.75. The Labute approximate surface area is 190 Å². The van der Waals surface area contributed by atoms with E-state index < -0.39 is 0 Å². The zero-order valence-electron chi connectivity index (χ0n) is 18.9. The van der Waals surface area contributed by atoms with E-state index in [1.54, 1.807) is 0 Å². The van der Waals surface area contributed by atoms with Crippen molar-refractivity contribution in [1.29, 1.82) is 0 Å². The molecule has 1 heterocycles. The normalized spacial score (nSPS) is 11.8. The number of benzene rings is 3. The van der Waals surface area contributed by atoms with Gasteiger partial charge in [-0.3, -0.25) is 4.79 Å². The van der Waals surface area contributed by atoms with Crippen LogP contribution in [0.3, 0.4) is 0 Å². The quantitative estimate of drug-likeness (QED) is 0.385. The number of aromatic nitrogens is 2. The lowest BCUT2D eigenvalue weighted by Gasteiger charge is -2.15. The van der Waals surface area contributed by atoms with Crippen LogP contribution in [0.4, 0.5) is 0 Å². The number of hydrogen-bond acceptors (Lipinski definition) is 2. The van der Waals surface area contributed by atoms with E-state index in [1.165, 1.54) is 5.56 Å². The standard InChI is InChI=1S/C28H29N3O/c1-4-11-21-16-18-23(19-17-21)25-26(28(32)29-20(2)22-12-7-5-8-13-22)31(3)27(30-25)24-14-9-6-10-15-24/h5-10,12-20H,4,11H2,1-3H3,(H,29,32). The molecule has 4 rings (SSSR count). The maximum Gasteiger partial charge on any atom is 0.270 e. The second-order valence-electron chi connectivity index (χ2n) is 8.11. The van der Waals surface area contributed by atoms with Crippen LogP contribution in [0.5, 0.6) is 0 Å². The molecule has 0 saturated heterocycles. The summed E-state index contributed by atoms with van der Waals surface area (Å²) in [6, 6.07) is 28.3. The SMILES string of the molecule is CCCc1ccc(-c2nc(-c3ccccc3)n(C)c2C(=O)NC(C)c2ccccc2)cc1. The highest BCUT2D eigenvalue weighted by atomic mass is 16.2. The summed E-state index contributed by atoms with van der Waals surface area (Å²) < 4.78 is 1.90. The van der Waals surface area contributed by atoms with E-state index in [4.69, 9.17) is 4.98 Å². The predicted molar refractivity (Wildman–Crippen MR) is 130 cm³/mol. The van der Waals surface area contributed by atoms with E-state index in [0.29, 0.717) is 11.4 Å². The fourth-order valence-corrected chi connectivity index (χ4v) is 4.01. The summed E-state index contributed by atoms with van der Waals surface area (Å²) in [7, 11) is 1.91. The Kier molecular flexibility index (Phi) is 6.50. The molecule has 1 atom stereocenters. The number of imidazole rings is 1. The molecule has 4 aromatic rings. The highest BCUT2D eigenvalue weighted by molar-refractivity contribution is 5.99. The molecular weight excluding hydrogens is 394 g/mol. The molecule has 0 fully saturated rings. The summed E-state index contributed by atoms with van der Waals surface area (Å²) in [6.07, 6.45) is 2.14. The Hall–Kier alpha value is -3.66. The fraction of sp³-hybridized carbons (Fsp3) is 0.214. The van der Waals surface area contributed by atoms with Crippen LogP contribution in [0.15, 0.2) is 84.9 Å². The van der Waals surface area contributed by atoms with Crippen LogP contribution in [0, 0.1) is 0 Å². The Morgan fingerprint density at radius 1 is 0.906 bits per heavy atom. The van der Waals surface area contributed by atoms with Crippen LogP contribution in [-0.4, -0.2) is 15.5 Å². The van der Waals surface area contributed by atoms with Crippen LogP contribution in [-0.2, 0) is 13.5 Å². The van der Waals surface area contributed by atoms with Gasteiger partial charge >= 0.3 is 0 Å². The van der Waals surface area contributed by atoms with Crippen molar-refractivity contribution in [2.24, 2.45) is 7.05 Å².